The summed E-state index contributed by atoms with van der Waals surface area (Å²) in [7, 11) is 0. The lowest BCUT2D eigenvalue weighted by Crippen LogP contribution is -2.19. The fraction of sp³-hybridized carbons (Fsp3) is 0.750. The van der Waals surface area contributed by atoms with Crippen molar-refractivity contribution < 1.29 is 5.11 Å². The molecule has 0 aliphatic rings. The van der Waals surface area contributed by atoms with Gasteiger partial charge in [0.15, 0.2) is 0 Å². The number of halogens is 2. The Labute approximate surface area is 64.8 Å². The van der Waals surface area contributed by atoms with Crippen LogP contribution in [0.3, 0.4) is 0 Å². The Kier molecular flexibility index (Phi) is 4.53. The van der Waals surface area contributed by atoms with Crippen molar-refractivity contribution in [1.29, 1.82) is 5.26 Å². The molecule has 0 aliphatic carbocycles. The van der Waals surface area contributed by atoms with Crippen LogP contribution in [0.2, 0.25) is 0 Å². The average molecular weight is 243 g/mol. The highest BCUT2D eigenvalue weighted by molar-refractivity contribution is 9.10. The molecule has 2 atom stereocenters. The van der Waals surface area contributed by atoms with Gasteiger partial charge in [0.2, 0.25) is 0 Å². The molecule has 46 valence electrons. The molecule has 0 radical (unpaired) electrons. The van der Waals surface area contributed by atoms with E-state index in [2.05, 4.69) is 31.9 Å². The Bertz CT molecular complexity index is 101. The van der Waals surface area contributed by atoms with Gasteiger partial charge in [-0.15, -0.1) is 0 Å². The zero-order valence-corrected chi connectivity index (χ0v) is 7.18. The van der Waals surface area contributed by atoms with Gasteiger partial charge in [-0.05, 0) is 0 Å². The SMILES string of the molecule is N#C[C@@H](Br)[C@H](O)CBr. The lowest BCUT2D eigenvalue weighted by Gasteiger charge is -2.04. The van der Waals surface area contributed by atoms with Gasteiger partial charge in [0, 0.05) is 5.33 Å². The van der Waals surface area contributed by atoms with E-state index < -0.39 is 10.9 Å². The highest BCUT2D eigenvalue weighted by atomic mass is 79.9. The molecule has 0 saturated heterocycles. The number of rotatable bonds is 2. The lowest BCUT2D eigenvalue weighted by molar-refractivity contribution is 0.213. The number of hydrogen-bond donors (Lipinski definition) is 1. The summed E-state index contributed by atoms with van der Waals surface area (Å²) in [5.41, 5.74) is 0. The Morgan fingerprint density at radius 1 is 1.75 bits per heavy atom. The molecule has 0 amide bonds. The Morgan fingerprint density at radius 3 is 2.38 bits per heavy atom. The highest BCUT2D eigenvalue weighted by Crippen LogP contribution is 2.05. The van der Waals surface area contributed by atoms with Crippen molar-refractivity contribution in [2.24, 2.45) is 0 Å². The number of nitrogens with zero attached hydrogens (tertiary/aromatic N) is 1. The molecule has 4 heteroatoms. The van der Waals surface area contributed by atoms with Crippen molar-refractivity contribution in [3.05, 3.63) is 0 Å². The second-order valence-electron chi connectivity index (χ2n) is 1.25. The smallest absolute Gasteiger partial charge is 0.128 e. The first-order valence-corrected chi connectivity index (χ1v) is 4.03. The van der Waals surface area contributed by atoms with Crippen LogP contribution in [-0.2, 0) is 0 Å². The van der Waals surface area contributed by atoms with Crippen LogP contribution in [0.4, 0.5) is 0 Å². The number of aliphatic hydroxyl groups is 1. The van der Waals surface area contributed by atoms with Crippen molar-refractivity contribution in [3.8, 4) is 6.07 Å². The maximum absolute atomic E-state index is 8.81. The molecule has 0 aromatic heterocycles. The third-order valence-electron chi connectivity index (χ3n) is 0.619. The maximum Gasteiger partial charge on any atom is 0.128 e. The molecule has 0 unspecified atom stereocenters. The minimum Gasteiger partial charge on any atom is -0.390 e. The monoisotopic (exact) mass is 241 g/mol. The average Bonchev–Trinajstić information content (AvgIpc) is 1.84. The van der Waals surface area contributed by atoms with E-state index in [4.69, 9.17) is 10.4 Å². The molecular formula is C4H5Br2NO. The van der Waals surface area contributed by atoms with Gasteiger partial charge in [0.1, 0.15) is 4.83 Å². The summed E-state index contributed by atoms with van der Waals surface area (Å²) in [4.78, 5) is -0.457. The van der Waals surface area contributed by atoms with Crippen LogP contribution in [0, 0.1) is 11.3 Å². The molecule has 0 saturated carbocycles. The first-order chi connectivity index (χ1) is 3.72. The van der Waals surface area contributed by atoms with Gasteiger partial charge in [-0.2, -0.15) is 5.26 Å². The van der Waals surface area contributed by atoms with Crippen molar-refractivity contribution in [2.45, 2.75) is 10.9 Å². The molecule has 0 rings (SSSR count). The van der Waals surface area contributed by atoms with Crippen LogP contribution >= 0.6 is 31.9 Å². The Hall–Kier alpha value is 0.410. The second-order valence-corrected chi connectivity index (χ2v) is 2.89. The van der Waals surface area contributed by atoms with Gasteiger partial charge in [0.05, 0.1) is 12.2 Å². The van der Waals surface area contributed by atoms with Crippen LogP contribution in [0.5, 0.6) is 0 Å². The maximum atomic E-state index is 8.81. The van der Waals surface area contributed by atoms with Crippen LogP contribution in [0.1, 0.15) is 0 Å². The van der Waals surface area contributed by atoms with Gasteiger partial charge < -0.3 is 5.11 Å². The Balaban J connectivity index is 3.49. The summed E-state index contributed by atoms with van der Waals surface area (Å²) in [5.74, 6) is 0. The van der Waals surface area contributed by atoms with E-state index >= 15 is 0 Å². The predicted octanol–water partition coefficient (Wildman–Crippen LogP) is 1.03. The molecule has 2 nitrogen and oxygen atoms in total. The second kappa shape index (κ2) is 4.30. The van der Waals surface area contributed by atoms with E-state index in [1.165, 1.54) is 0 Å². The largest absolute Gasteiger partial charge is 0.390 e. The van der Waals surface area contributed by atoms with Crippen LogP contribution < -0.4 is 0 Å². The van der Waals surface area contributed by atoms with E-state index in [-0.39, 0.29) is 0 Å². The van der Waals surface area contributed by atoms with Crippen LogP contribution in [0.15, 0.2) is 0 Å². The number of hydrogen-bond acceptors (Lipinski definition) is 2. The number of alkyl halides is 2. The standard InChI is InChI=1S/C4H5Br2NO/c5-1-4(8)3(6)2-7/h3-4,8H,1H2/t3-,4-/m1/s1. The summed E-state index contributed by atoms with van der Waals surface area (Å²) in [6.07, 6.45) is -0.611. The van der Waals surface area contributed by atoms with Crippen molar-refractivity contribution in [2.75, 3.05) is 5.33 Å². The molecule has 8 heavy (non-hydrogen) atoms. The van der Waals surface area contributed by atoms with Gasteiger partial charge in [-0.25, -0.2) is 0 Å². The summed E-state index contributed by atoms with van der Waals surface area (Å²) in [6.45, 7) is 0. The van der Waals surface area contributed by atoms with Crippen LogP contribution in [-0.4, -0.2) is 21.4 Å². The molecule has 0 fully saturated rings. The fourth-order valence-electron chi connectivity index (χ4n) is 0.164. The molecule has 0 heterocycles. The van der Waals surface area contributed by atoms with Gasteiger partial charge >= 0.3 is 0 Å². The topological polar surface area (TPSA) is 44.0 Å². The molecule has 0 aromatic carbocycles. The lowest BCUT2D eigenvalue weighted by atomic mass is 10.3. The van der Waals surface area contributed by atoms with Crippen molar-refractivity contribution in [1.82, 2.24) is 0 Å². The molecule has 1 N–H and O–H groups in total. The van der Waals surface area contributed by atoms with Gasteiger partial charge in [-0.3, -0.25) is 0 Å². The first kappa shape index (κ1) is 8.41. The summed E-state index contributed by atoms with van der Waals surface area (Å²) in [6, 6.07) is 1.85. The fourth-order valence-corrected chi connectivity index (χ4v) is 1.23. The molecule has 0 aromatic rings. The van der Waals surface area contributed by atoms with Crippen LogP contribution in [0.25, 0.3) is 0 Å². The van der Waals surface area contributed by atoms with E-state index in [9.17, 15) is 0 Å². The first-order valence-electron chi connectivity index (χ1n) is 2.00. The minimum absolute atomic E-state index is 0.427. The van der Waals surface area contributed by atoms with Crippen molar-refractivity contribution in [3.63, 3.8) is 0 Å². The highest BCUT2D eigenvalue weighted by Gasteiger charge is 2.11. The zero-order chi connectivity index (χ0) is 6.57. The quantitative estimate of drug-likeness (QED) is 0.736. The van der Waals surface area contributed by atoms with Gasteiger partial charge in [-0.1, -0.05) is 31.9 Å². The summed E-state index contributed by atoms with van der Waals surface area (Å²) >= 11 is 5.99. The van der Waals surface area contributed by atoms with Gasteiger partial charge in [0.25, 0.3) is 0 Å². The van der Waals surface area contributed by atoms with Crippen molar-refractivity contribution >= 4 is 31.9 Å². The van der Waals surface area contributed by atoms with E-state index in [1.54, 1.807) is 0 Å². The normalized spacial score (nSPS) is 16.8. The zero-order valence-electron chi connectivity index (χ0n) is 4.01. The van der Waals surface area contributed by atoms with E-state index in [1.807, 2.05) is 6.07 Å². The number of aliphatic hydroxyl groups excluding tert-OH is 1. The Morgan fingerprint density at radius 2 is 2.25 bits per heavy atom. The number of nitriles is 1. The molecule has 0 aliphatic heterocycles. The summed E-state index contributed by atoms with van der Waals surface area (Å²) < 4.78 is 0. The molecule has 0 bridgehead atoms. The molecular weight excluding hydrogens is 238 g/mol. The predicted molar refractivity (Wildman–Crippen MR) is 38.1 cm³/mol. The third kappa shape index (κ3) is 2.65. The molecule has 0 spiro atoms. The van der Waals surface area contributed by atoms with E-state index in [0.717, 1.165) is 0 Å². The van der Waals surface area contributed by atoms with E-state index in [0.29, 0.717) is 5.33 Å². The summed E-state index contributed by atoms with van der Waals surface area (Å²) in [5, 5.41) is 17.4. The minimum atomic E-state index is -0.611. The third-order valence-corrected chi connectivity index (χ3v) is 2.10.